The van der Waals surface area contributed by atoms with E-state index in [-0.39, 0.29) is 30.9 Å². The molecule has 25 heavy (non-hydrogen) atoms. The van der Waals surface area contributed by atoms with Gasteiger partial charge in [0.1, 0.15) is 12.1 Å². The first-order valence-electron chi connectivity index (χ1n) is 8.44. The first kappa shape index (κ1) is 15.9. The van der Waals surface area contributed by atoms with Crippen LogP contribution in [-0.2, 0) is 9.59 Å². The van der Waals surface area contributed by atoms with E-state index in [4.69, 9.17) is 0 Å². The van der Waals surface area contributed by atoms with Crippen LogP contribution < -0.4 is 5.32 Å². The van der Waals surface area contributed by atoms with E-state index >= 15 is 0 Å². The van der Waals surface area contributed by atoms with Crippen molar-refractivity contribution >= 4 is 23.5 Å². The number of nitrogens with zero attached hydrogens (tertiary/aromatic N) is 3. The molecule has 8 heteroatoms. The number of carbonyl (C=O) groups excluding carboxylic acids is 3. The van der Waals surface area contributed by atoms with E-state index in [1.54, 1.807) is 21.9 Å². The molecule has 132 valence electrons. The number of carbonyl (C=O) groups is 3. The molecule has 3 aliphatic heterocycles. The van der Waals surface area contributed by atoms with Gasteiger partial charge in [-0.15, -0.1) is 0 Å². The van der Waals surface area contributed by atoms with Crippen molar-refractivity contribution in [3.8, 4) is 0 Å². The number of hydrogen-bond donors (Lipinski definition) is 2. The highest BCUT2D eigenvalue weighted by molar-refractivity contribution is 5.98. The summed E-state index contributed by atoms with van der Waals surface area (Å²) >= 11 is 0. The number of piperazine rings is 2. The maximum Gasteiger partial charge on any atom is 0.321 e. The van der Waals surface area contributed by atoms with Crippen molar-refractivity contribution in [2.24, 2.45) is 0 Å². The molecule has 4 amide bonds. The number of hydrogen-bond acceptors (Lipinski definition) is 4. The number of amides is 4. The molecule has 1 aromatic rings. The van der Waals surface area contributed by atoms with E-state index in [0.717, 1.165) is 0 Å². The van der Waals surface area contributed by atoms with E-state index in [0.29, 0.717) is 25.2 Å². The topological polar surface area (TPSA) is 93.2 Å². The summed E-state index contributed by atoms with van der Waals surface area (Å²) in [6.07, 6.45) is -0.358. The largest absolute Gasteiger partial charge is 0.391 e. The van der Waals surface area contributed by atoms with Crippen LogP contribution in [0.5, 0.6) is 0 Å². The third-order valence-electron chi connectivity index (χ3n) is 5.11. The van der Waals surface area contributed by atoms with E-state index < -0.39 is 18.2 Å². The van der Waals surface area contributed by atoms with Crippen LogP contribution in [0.2, 0.25) is 0 Å². The molecule has 0 unspecified atom stereocenters. The molecular weight excluding hydrogens is 324 g/mol. The zero-order valence-electron chi connectivity index (χ0n) is 13.7. The Hall–Kier alpha value is -2.61. The number of rotatable bonds is 1. The van der Waals surface area contributed by atoms with Crippen LogP contribution in [0.3, 0.4) is 0 Å². The second-order valence-corrected chi connectivity index (χ2v) is 6.69. The van der Waals surface area contributed by atoms with Gasteiger partial charge < -0.3 is 25.1 Å². The van der Waals surface area contributed by atoms with Crippen LogP contribution in [-0.4, -0.2) is 82.0 Å². The fraction of sp³-hybridized carbons (Fsp3) is 0.471. The van der Waals surface area contributed by atoms with Gasteiger partial charge in [-0.3, -0.25) is 9.59 Å². The summed E-state index contributed by atoms with van der Waals surface area (Å²) in [7, 11) is 0. The summed E-state index contributed by atoms with van der Waals surface area (Å²) in [6, 6.07) is 7.61. The Balaban J connectivity index is 1.48. The second kappa shape index (κ2) is 6.03. The van der Waals surface area contributed by atoms with Gasteiger partial charge in [0.25, 0.3) is 0 Å². The summed E-state index contributed by atoms with van der Waals surface area (Å²) in [5, 5.41) is 12.6. The van der Waals surface area contributed by atoms with Crippen molar-refractivity contribution in [2.45, 2.75) is 24.6 Å². The number of para-hydroxylation sites is 1. The molecule has 2 N–H and O–H groups in total. The average Bonchev–Trinajstić information content (AvgIpc) is 3.02. The minimum atomic E-state index is -0.663. The smallest absolute Gasteiger partial charge is 0.321 e. The van der Waals surface area contributed by atoms with Crippen molar-refractivity contribution in [1.29, 1.82) is 0 Å². The number of nitrogens with one attached hydrogen (secondary N) is 1. The van der Waals surface area contributed by atoms with Gasteiger partial charge in [-0.2, -0.15) is 0 Å². The lowest BCUT2D eigenvalue weighted by molar-refractivity contribution is -0.162. The van der Waals surface area contributed by atoms with E-state index in [1.165, 1.54) is 4.90 Å². The second-order valence-electron chi connectivity index (χ2n) is 6.69. The summed E-state index contributed by atoms with van der Waals surface area (Å²) in [5.74, 6) is -0.303. The maximum absolute atomic E-state index is 12.7. The first-order chi connectivity index (χ1) is 12.0. The van der Waals surface area contributed by atoms with Crippen LogP contribution in [0.25, 0.3) is 0 Å². The molecular formula is C17H20N4O4. The van der Waals surface area contributed by atoms with Gasteiger partial charge in [-0.05, 0) is 12.1 Å². The average molecular weight is 344 g/mol. The van der Waals surface area contributed by atoms with Gasteiger partial charge in [0.2, 0.25) is 11.8 Å². The normalized spacial score (nSPS) is 28.7. The molecule has 3 fully saturated rings. The molecule has 0 saturated carbocycles. The van der Waals surface area contributed by atoms with E-state index in [1.807, 2.05) is 18.2 Å². The maximum atomic E-state index is 12.7. The fourth-order valence-corrected chi connectivity index (χ4v) is 3.84. The minimum Gasteiger partial charge on any atom is -0.391 e. The van der Waals surface area contributed by atoms with Crippen molar-refractivity contribution in [3.63, 3.8) is 0 Å². The highest BCUT2D eigenvalue weighted by atomic mass is 16.3. The highest BCUT2D eigenvalue weighted by Crippen LogP contribution is 2.29. The van der Waals surface area contributed by atoms with Gasteiger partial charge in [-0.1, -0.05) is 18.2 Å². The standard InChI is InChI=1S/C17H20N4O4/c22-12-8-13-15(23)20-7-6-19(10-14(20)16(24)21(13)9-12)17(25)18-11-4-2-1-3-5-11/h1-5,12-14,22H,6-10H2,(H,18,25)/t12-,13+,14-/m1/s1. The molecule has 3 atom stereocenters. The van der Waals surface area contributed by atoms with Gasteiger partial charge in [0.15, 0.2) is 0 Å². The molecule has 0 spiro atoms. The van der Waals surface area contributed by atoms with Crippen molar-refractivity contribution in [2.75, 3.05) is 31.5 Å². The van der Waals surface area contributed by atoms with Gasteiger partial charge >= 0.3 is 6.03 Å². The van der Waals surface area contributed by atoms with E-state index in [2.05, 4.69) is 5.32 Å². The number of aliphatic hydroxyl groups excluding tert-OH is 1. The lowest BCUT2D eigenvalue weighted by atomic mass is 10.0. The summed E-state index contributed by atoms with van der Waals surface area (Å²) in [6.45, 7) is 1.07. The molecule has 0 bridgehead atoms. The molecule has 0 radical (unpaired) electrons. The number of anilines is 1. The van der Waals surface area contributed by atoms with Crippen molar-refractivity contribution in [3.05, 3.63) is 30.3 Å². The van der Waals surface area contributed by atoms with E-state index in [9.17, 15) is 19.5 Å². The summed E-state index contributed by atoms with van der Waals surface area (Å²) < 4.78 is 0. The molecule has 0 aromatic heterocycles. The Morgan fingerprint density at radius 2 is 1.72 bits per heavy atom. The molecule has 3 aliphatic rings. The third kappa shape index (κ3) is 2.72. The Labute approximate surface area is 145 Å². The predicted molar refractivity (Wildman–Crippen MR) is 88.7 cm³/mol. The van der Waals surface area contributed by atoms with Crippen LogP contribution in [0, 0.1) is 0 Å². The quantitative estimate of drug-likeness (QED) is 0.732. The Morgan fingerprint density at radius 1 is 1.00 bits per heavy atom. The third-order valence-corrected chi connectivity index (χ3v) is 5.11. The van der Waals surface area contributed by atoms with Crippen LogP contribution in [0.4, 0.5) is 10.5 Å². The molecule has 8 nitrogen and oxygen atoms in total. The number of aliphatic hydroxyl groups is 1. The predicted octanol–water partition coefficient (Wildman–Crippen LogP) is -0.293. The zero-order chi connectivity index (χ0) is 17.6. The monoisotopic (exact) mass is 344 g/mol. The Kier molecular flexibility index (Phi) is 3.84. The lowest BCUT2D eigenvalue weighted by Gasteiger charge is -2.47. The number of urea groups is 1. The lowest BCUT2D eigenvalue weighted by Crippen LogP contribution is -2.69. The molecule has 3 heterocycles. The summed E-state index contributed by atoms with van der Waals surface area (Å²) in [5.41, 5.74) is 0.684. The molecule has 4 rings (SSSR count). The van der Waals surface area contributed by atoms with Gasteiger partial charge in [0, 0.05) is 31.7 Å². The fourth-order valence-electron chi connectivity index (χ4n) is 3.84. The van der Waals surface area contributed by atoms with Gasteiger partial charge in [0.05, 0.1) is 12.6 Å². The van der Waals surface area contributed by atoms with Crippen molar-refractivity contribution < 1.29 is 19.5 Å². The molecule has 3 saturated heterocycles. The minimum absolute atomic E-state index is 0.121. The zero-order valence-corrected chi connectivity index (χ0v) is 13.7. The molecule has 1 aromatic carbocycles. The van der Waals surface area contributed by atoms with Crippen LogP contribution in [0.1, 0.15) is 6.42 Å². The first-order valence-corrected chi connectivity index (χ1v) is 8.44. The number of benzene rings is 1. The van der Waals surface area contributed by atoms with Crippen LogP contribution >= 0.6 is 0 Å². The Bertz CT molecular complexity index is 710. The summed E-state index contributed by atoms with van der Waals surface area (Å²) in [4.78, 5) is 42.4. The van der Waals surface area contributed by atoms with Crippen LogP contribution in [0.15, 0.2) is 30.3 Å². The SMILES string of the molecule is O=C(Nc1ccccc1)N1CCN2C(=O)[C@@H]3C[C@@H](O)CN3C(=O)[C@H]2C1. The Morgan fingerprint density at radius 3 is 2.48 bits per heavy atom. The van der Waals surface area contributed by atoms with Crippen molar-refractivity contribution in [1.82, 2.24) is 14.7 Å². The van der Waals surface area contributed by atoms with Gasteiger partial charge in [-0.25, -0.2) is 4.79 Å². The number of fused-ring (bicyclic) bond motifs is 2. The highest BCUT2D eigenvalue weighted by Gasteiger charge is 2.51. The molecule has 0 aliphatic carbocycles.